The molecule has 5 rings (SSSR count). The summed E-state index contributed by atoms with van der Waals surface area (Å²) in [6.07, 6.45) is 6.07. The number of fused-ring (bicyclic) bond motifs is 6. The van der Waals surface area contributed by atoms with Crippen molar-refractivity contribution in [3.05, 3.63) is 127 Å². The zero-order valence-electron chi connectivity index (χ0n) is 17.6. The van der Waals surface area contributed by atoms with Gasteiger partial charge in [0.15, 0.2) is 0 Å². The first-order valence-corrected chi connectivity index (χ1v) is 10.4. The minimum Gasteiger partial charge on any atom is -0.341 e. The first-order valence-electron chi connectivity index (χ1n) is 10.4. The molecule has 0 fully saturated rings. The Balaban J connectivity index is 1.86. The van der Waals surface area contributed by atoms with Gasteiger partial charge in [-0.3, -0.25) is 0 Å². The number of para-hydroxylation sites is 1. The molecule has 0 aliphatic carbocycles. The van der Waals surface area contributed by atoms with Crippen molar-refractivity contribution in [1.29, 1.82) is 0 Å². The lowest BCUT2D eigenvalue weighted by Crippen LogP contribution is -2.26. The fraction of sp³-hybridized carbons (Fsp3) is 0.0345. The quantitative estimate of drug-likeness (QED) is 0.358. The van der Waals surface area contributed by atoms with E-state index in [9.17, 15) is 0 Å². The van der Waals surface area contributed by atoms with Crippen LogP contribution in [-0.2, 0) is 0 Å². The Hall–Kier alpha value is -4.04. The molecule has 0 spiro atoms. The average Bonchev–Trinajstić information content (AvgIpc) is 2.82. The van der Waals surface area contributed by atoms with Crippen LogP contribution in [0.4, 0.5) is 11.4 Å². The van der Waals surface area contributed by atoms with Crippen LogP contribution < -0.4 is 10.2 Å². The predicted octanol–water partition coefficient (Wildman–Crippen LogP) is 7.52. The molecular weight excluding hydrogens is 376 g/mol. The molecule has 4 aromatic rings. The van der Waals surface area contributed by atoms with Gasteiger partial charge in [-0.05, 0) is 33.9 Å². The molecule has 0 aromatic heterocycles. The standard InChI is InChI=1S/C29H24N2/c1-4-21-19-18-20(2)27-25-16-10-8-14-23(25)24-15-9-11-17-26(24)28(27)31(3)29(21)30-22-12-6-5-7-13-22/h4-19,30H,1-2H2,3H3/b19-18-,29-21-. The van der Waals surface area contributed by atoms with Gasteiger partial charge < -0.3 is 10.2 Å². The highest BCUT2D eigenvalue weighted by atomic mass is 15.2. The molecule has 0 bridgehead atoms. The van der Waals surface area contributed by atoms with E-state index in [-0.39, 0.29) is 0 Å². The summed E-state index contributed by atoms with van der Waals surface area (Å²) in [5.41, 5.74) is 5.32. The number of nitrogens with zero attached hydrogens (tertiary/aromatic N) is 1. The number of hydrogen-bond acceptors (Lipinski definition) is 2. The number of nitrogens with one attached hydrogen (secondary N) is 1. The van der Waals surface area contributed by atoms with E-state index in [4.69, 9.17) is 0 Å². The van der Waals surface area contributed by atoms with Gasteiger partial charge in [0, 0.05) is 29.3 Å². The maximum absolute atomic E-state index is 4.44. The Morgan fingerprint density at radius 1 is 0.742 bits per heavy atom. The highest BCUT2D eigenvalue weighted by Gasteiger charge is 2.23. The van der Waals surface area contributed by atoms with Crippen molar-refractivity contribution in [2.75, 3.05) is 17.3 Å². The van der Waals surface area contributed by atoms with Gasteiger partial charge in [0.1, 0.15) is 5.82 Å². The van der Waals surface area contributed by atoms with Crippen LogP contribution in [0.1, 0.15) is 5.56 Å². The first-order chi connectivity index (χ1) is 15.2. The van der Waals surface area contributed by atoms with E-state index in [0.29, 0.717) is 0 Å². The molecule has 4 aromatic carbocycles. The Morgan fingerprint density at radius 3 is 2.00 bits per heavy atom. The van der Waals surface area contributed by atoms with Crippen molar-refractivity contribution in [3.63, 3.8) is 0 Å². The number of anilines is 2. The van der Waals surface area contributed by atoms with Gasteiger partial charge in [-0.15, -0.1) is 0 Å². The van der Waals surface area contributed by atoms with Crippen LogP contribution in [0.15, 0.2) is 122 Å². The normalized spacial score (nSPS) is 17.2. The fourth-order valence-corrected chi connectivity index (χ4v) is 4.43. The van der Waals surface area contributed by atoms with Crippen LogP contribution in [-0.4, -0.2) is 7.05 Å². The van der Waals surface area contributed by atoms with Gasteiger partial charge in [-0.25, -0.2) is 0 Å². The van der Waals surface area contributed by atoms with E-state index >= 15 is 0 Å². The Labute approximate surface area is 183 Å². The minimum atomic E-state index is 0.978. The third-order valence-electron chi connectivity index (χ3n) is 5.89. The summed E-state index contributed by atoms with van der Waals surface area (Å²) in [5, 5.41) is 8.51. The molecule has 1 aliphatic heterocycles. The third-order valence-corrected chi connectivity index (χ3v) is 5.89. The molecule has 150 valence electrons. The van der Waals surface area contributed by atoms with Crippen molar-refractivity contribution < 1.29 is 0 Å². The molecule has 1 N–H and O–H groups in total. The highest BCUT2D eigenvalue weighted by molar-refractivity contribution is 6.19. The molecule has 0 saturated heterocycles. The monoisotopic (exact) mass is 400 g/mol. The van der Waals surface area contributed by atoms with E-state index in [2.05, 4.69) is 103 Å². The van der Waals surface area contributed by atoms with Gasteiger partial charge in [0.2, 0.25) is 0 Å². The molecule has 2 heteroatoms. The summed E-state index contributed by atoms with van der Waals surface area (Å²) in [4.78, 5) is 2.24. The highest BCUT2D eigenvalue weighted by Crippen LogP contribution is 2.44. The van der Waals surface area contributed by atoms with Crippen LogP contribution in [0.25, 0.3) is 27.1 Å². The zero-order chi connectivity index (χ0) is 21.4. The van der Waals surface area contributed by atoms with Gasteiger partial charge in [-0.2, -0.15) is 0 Å². The summed E-state index contributed by atoms with van der Waals surface area (Å²) >= 11 is 0. The van der Waals surface area contributed by atoms with Crippen molar-refractivity contribution >= 4 is 38.5 Å². The Kier molecular flexibility index (Phi) is 4.68. The van der Waals surface area contributed by atoms with Crippen molar-refractivity contribution in [3.8, 4) is 0 Å². The molecule has 0 saturated carbocycles. The van der Waals surface area contributed by atoms with Crippen LogP contribution in [0.2, 0.25) is 0 Å². The number of rotatable bonds is 3. The second kappa shape index (κ2) is 7.66. The molecule has 1 aliphatic rings. The molecule has 0 atom stereocenters. The van der Waals surface area contributed by atoms with E-state index in [1.807, 2.05) is 24.3 Å². The van der Waals surface area contributed by atoms with Gasteiger partial charge in [-0.1, -0.05) is 98.1 Å². The smallest absolute Gasteiger partial charge is 0.117 e. The van der Waals surface area contributed by atoms with Crippen LogP contribution >= 0.6 is 0 Å². The second-order valence-electron chi connectivity index (χ2n) is 7.73. The summed E-state index contributed by atoms with van der Waals surface area (Å²) in [6, 6.07) is 27.4. The van der Waals surface area contributed by atoms with Crippen LogP contribution in [0.5, 0.6) is 0 Å². The predicted molar refractivity (Wildman–Crippen MR) is 135 cm³/mol. The van der Waals surface area contributed by atoms with E-state index in [1.54, 1.807) is 0 Å². The second-order valence-corrected chi connectivity index (χ2v) is 7.73. The largest absolute Gasteiger partial charge is 0.341 e. The summed E-state index contributed by atoms with van der Waals surface area (Å²) in [6.45, 7) is 8.51. The van der Waals surface area contributed by atoms with Gasteiger partial charge in [0.25, 0.3) is 0 Å². The van der Waals surface area contributed by atoms with Gasteiger partial charge >= 0.3 is 0 Å². The van der Waals surface area contributed by atoms with Crippen LogP contribution in [0.3, 0.4) is 0 Å². The lowest BCUT2D eigenvalue weighted by atomic mass is 9.89. The van der Waals surface area contributed by atoms with Gasteiger partial charge in [0.05, 0.1) is 5.69 Å². The maximum Gasteiger partial charge on any atom is 0.117 e. The Morgan fingerprint density at radius 2 is 1.32 bits per heavy atom. The fourth-order valence-electron chi connectivity index (χ4n) is 4.43. The van der Waals surface area contributed by atoms with E-state index in [1.165, 1.54) is 21.5 Å². The molecule has 31 heavy (non-hydrogen) atoms. The summed E-state index contributed by atoms with van der Waals surface area (Å²) < 4.78 is 0. The molecule has 0 amide bonds. The Bertz CT molecular complexity index is 1390. The van der Waals surface area contributed by atoms with Crippen LogP contribution in [0, 0.1) is 0 Å². The SMILES string of the molecule is C=CC1=C(\Nc2ccccc2)N(C)c2c(c3ccccc3c3ccccc23)C(=C)/C=C\1. The molecular formula is C29H24N2. The van der Waals surface area contributed by atoms with Crippen molar-refractivity contribution in [2.45, 2.75) is 0 Å². The summed E-state index contributed by atoms with van der Waals surface area (Å²) in [5.74, 6) is 0.978. The topological polar surface area (TPSA) is 15.3 Å². The van der Waals surface area contributed by atoms with Crippen molar-refractivity contribution in [2.24, 2.45) is 0 Å². The van der Waals surface area contributed by atoms with Crippen molar-refractivity contribution in [1.82, 2.24) is 0 Å². The van der Waals surface area contributed by atoms with E-state index < -0.39 is 0 Å². The summed E-state index contributed by atoms with van der Waals surface area (Å²) in [7, 11) is 2.11. The minimum absolute atomic E-state index is 0.978. The molecule has 2 nitrogen and oxygen atoms in total. The average molecular weight is 401 g/mol. The molecule has 0 radical (unpaired) electrons. The molecule has 1 heterocycles. The third kappa shape index (κ3) is 3.13. The lowest BCUT2D eigenvalue weighted by Gasteiger charge is -2.31. The zero-order valence-corrected chi connectivity index (χ0v) is 17.6. The van der Waals surface area contributed by atoms with E-state index in [0.717, 1.165) is 33.9 Å². The lowest BCUT2D eigenvalue weighted by molar-refractivity contribution is 1.09. The maximum atomic E-state index is 4.44. The first kappa shape index (κ1) is 19.0. The number of benzene rings is 4. The number of allylic oxidation sites excluding steroid dienone is 5. The number of hydrogen-bond donors (Lipinski definition) is 1. The molecule has 0 unspecified atom stereocenters.